The molecule has 1 unspecified atom stereocenters. The van der Waals surface area contributed by atoms with Gasteiger partial charge in [-0.2, -0.15) is 11.8 Å². The van der Waals surface area contributed by atoms with Gasteiger partial charge in [-0.25, -0.2) is 0 Å². The number of hydrogen-bond acceptors (Lipinski definition) is 3. The van der Waals surface area contributed by atoms with Crippen molar-refractivity contribution < 1.29 is 0 Å². The zero-order valence-corrected chi connectivity index (χ0v) is 11.8. The maximum absolute atomic E-state index is 3.59. The molecule has 2 rings (SSSR count). The molecule has 1 aromatic rings. The van der Waals surface area contributed by atoms with Gasteiger partial charge in [-0.3, -0.25) is 0 Å². The highest BCUT2D eigenvalue weighted by molar-refractivity contribution is 7.99. The van der Waals surface area contributed by atoms with Gasteiger partial charge in [-0.1, -0.05) is 0 Å². The molecule has 0 aliphatic carbocycles. The van der Waals surface area contributed by atoms with Crippen molar-refractivity contribution >= 4 is 23.1 Å². The molecule has 1 aromatic carbocycles. The maximum atomic E-state index is 3.59. The molecule has 3 heteroatoms. The molecule has 1 atom stereocenters. The fourth-order valence-electron chi connectivity index (χ4n) is 2.12. The standard InChI is InChI=1S/C14H22N2S/c1-11-8-13(16(2)3)4-5-14(11)15-9-12-6-7-17-10-12/h4-5,8,12,15H,6-7,9-10H2,1-3H3. The molecular weight excluding hydrogens is 228 g/mol. The number of hydrogen-bond donors (Lipinski definition) is 1. The van der Waals surface area contributed by atoms with Crippen LogP contribution in [0, 0.1) is 12.8 Å². The topological polar surface area (TPSA) is 15.3 Å². The minimum absolute atomic E-state index is 0.855. The van der Waals surface area contributed by atoms with Gasteiger partial charge >= 0.3 is 0 Å². The van der Waals surface area contributed by atoms with Crippen LogP contribution in [-0.2, 0) is 0 Å². The van der Waals surface area contributed by atoms with Crippen molar-refractivity contribution in [2.75, 3.05) is 42.4 Å². The van der Waals surface area contributed by atoms with Crippen LogP contribution in [0.15, 0.2) is 18.2 Å². The van der Waals surface area contributed by atoms with Gasteiger partial charge in [-0.05, 0) is 54.5 Å². The Kier molecular flexibility index (Phi) is 4.21. The second-order valence-corrected chi connectivity index (χ2v) is 6.15. The fourth-order valence-corrected chi connectivity index (χ4v) is 3.41. The molecule has 0 amide bonds. The van der Waals surface area contributed by atoms with E-state index in [9.17, 15) is 0 Å². The summed E-state index contributed by atoms with van der Waals surface area (Å²) in [6.07, 6.45) is 1.37. The lowest BCUT2D eigenvalue weighted by atomic mass is 10.1. The van der Waals surface area contributed by atoms with Crippen molar-refractivity contribution in [1.82, 2.24) is 0 Å². The first-order valence-electron chi connectivity index (χ1n) is 6.26. The largest absolute Gasteiger partial charge is 0.385 e. The second kappa shape index (κ2) is 5.67. The summed E-state index contributed by atoms with van der Waals surface area (Å²) in [5.74, 6) is 3.51. The Labute approximate surface area is 109 Å². The normalized spacial score (nSPS) is 19.4. The Balaban J connectivity index is 1.96. The number of benzene rings is 1. The van der Waals surface area contributed by atoms with Gasteiger partial charge in [-0.15, -0.1) is 0 Å². The maximum Gasteiger partial charge on any atom is 0.0371 e. The highest BCUT2D eigenvalue weighted by atomic mass is 32.2. The monoisotopic (exact) mass is 250 g/mol. The molecule has 1 aliphatic heterocycles. The van der Waals surface area contributed by atoms with E-state index in [2.05, 4.69) is 61.2 Å². The Morgan fingerprint density at radius 3 is 2.82 bits per heavy atom. The lowest BCUT2D eigenvalue weighted by Crippen LogP contribution is -2.14. The predicted octanol–water partition coefficient (Wildman–Crippen LogP) is 3.23. The molecule has 2 nitrogen and oxygen atoms in total. The van der Waals surface area contributed by atoms with E-state index in [1.165, 1.54) is 34.9 Å². The van der Waals surface area contributed by atoms with Crippen LogP contribution in [0.25, 0.3) is 0 Å². The second-order valence-electron chi connectivity index (χ2n) is 5.00. The van der Waals surface area contributed by atoms with E-state index in [0.29, 0.717) is 0 Å². The molecule has 1 saturated heterocycles. The molecular formula is C14H22N2S. The molecule has 1 fully saturated rings. The Hall–Kier alpha value is -0.830. The van der Waals surface area contributed by atoms with E-state index in [1.807, 2.05) is 0 Å². The highest BCUT2D eigenvalue weighted by Crippen LogP contribution is 2.25. The van der Waals surface area contributed by atoms with E-state index in [0.717, 1.165) is 12.5 Å². The van der Waals surface area contributed by atoms with Crippen molar-refractivity contribution in [1.29, 1.82) is 0 Å². The SMILES string of the molecule is Cc1cc(N(C)C)ccc1NCC1CCSC1. The highest BCUT2D eigenvalue weighted by Gasteiger charge is 2.15. The number of nitrogens with one attached hydrogen (secondary N) is 1. The minimum atomic E-state index is 0.855. The van der Waals surface area contributed by atoms with Gasteiger partial charge in [0.05, 0.1) is 0 Å². The summed E-state index contributed by atoms with van der Waals surface area (Å²) in [7, 11) is 4.16. The zero-order chi connectivity index (χ0) is 12.3. The number of nitrogens with zero attached hydrogens (tertiary/aromatic N) is 1. The zero-order valence-electron chi connectivity index (χ0n) is 11.0. The van der Waals surface area contributed by atoms with Crippen molar-refractivity contribution in [2.45, 2.75) is 13.3 Å². The van der Waals surface area contributed by atoms with E-state index >= 15 is 0 Å². The Bertz CT molecular complexity index is 370. The molecule has 1 aliphatic rings. The summed E-state index contributed by atoms with van der Waals surface area (Å²) in [5, 5.41) is 3.59. The molecule has 1 heterocycles. The van der Waals surface area contributed by atoms with Gasteiger partial charge in [0.15, 0.2) is 0 Å². The van der Waals surface area contributed by atoms with Crippen LogP contribution in [-0.4, -0.2) is 32.1 Å². The quantitative estimate of drug-likeness (QED) is 0.883. The van der Waals surface area contributed by atoms with E-state index in [1.54, 1.807) is 0 Å². The third kappa shape index (κ3) is 3.32. The number of thioether (sulfide) groups is 1. The van der Waals surface area contributed by atoms with Crippen LogP contribution in [0.4, 0.5) is 11.4 Å². The summed E-state index contributed by atoms with van der Waals surface area (Å²) >= 11 is 2.08. The lowest BCUT2D eigenvalue weighted by molar-refractivity contribution is 0.631. The van der Waals surface area contributed by atoms with Crippen LogP contribution in [0.5, 0.6) is 0 Å². The first-order valence-corrected chi connectivity index (χ1v) is 7.42. The molecule has 0 saturated carbocycles. The van der Waals surface area contributed by atoms with Gasteiger partial charge < -0.3 is 10.2 Å². The molecule has 0 radical (unpaired) electrons. The minimum Gasteiger partial charge on any atom is -0.385 e. The summed E-state index contributed by atoms with van der Waals surface area (Å²) < 4.78 is 0. The van der Waals surface area contributed by atoms with Crippen LogP contribution in [0.2, 0.25) is 0 Å². The van der Waals surface area contributed by atoms with Crippen LogP contribution >= 0.6 is 11.8 Å². The lowest BCUT2D eigenvalue weighted by Gasteiger charge is -2.17. The van der Waals surface area contributed by atoms with Gasteiger partial charge in [0, 0.05) is 32.0 Å². The number of aryl methyl sites for hydroxylation is 1. The number of anilines is 2. The molecule has 0 spiro atoms. The van der Waals surface area contributed by atoms with Crippen molar-refractivity contribution in [3.05, 3.63) is 23.8 Å². The van der Waals surface area contributed by atoms with Gasteiger partial charge in [0.2, 0.25) is 0 Å². The summed E-state index contributed by atoms with van der Waals surface area (Å²) in [4.78, 5) is 2.14. The Morgan fingerprint density at radius 2 is 2.24 bits per heavy atom. The van der Waals surface area contributed by atoms with E-state index in [-0.39, 0.29) is 0 Å². The van der Waals surface area contributed by atoms with Gasteiger partial charge in [0.25, 0.3) is 0 Å². The fraction of sp³-hybridized carbons (Fsp3) is 0.571. The number of rotatable bonds is 4. The van der Waals surface area contributed by atoms with Crippen LogP contribution in [0.1, 0.15) is 12.0 Å². The van der Waals surface area contributed by atoms with Crippen molar-refractivity contribution in [3.8, 4) is 0 Å². The first kappa shape index (κ1) is 12.6. The summed E-state index contributed by atoms with van der Waals surface area (Å²) in [5.41, 5.74) is 3.89. The van der Waals surface area contributed by atoms with Crippen LogP contribution < -0.4 is 10.2 Å². The predicted molar refractivity (Wildman–Crippen MR) is 79.4 cm³/mol. The molecule has 0 aromatic heterocycles. The van der Waals surface area contributed by atoms with Crippen LogP contribution in [0.3, 0.4) is 0 Å². The van der Waals surface area contributed by atoms with Crippen molar-refractivity contribution in [2.24, 2.45) is 5.92 Å². The van der Waals surface area contributed by atoms with E-state index < -0.39 is 0 Å². The molecule has 0 bridgehead atoms. The summed E-state index contributed by atoms with van der Waals surface area (Å²) in [6, 6.07) is 6.62. The molecule has 17 heavy (non-hydrogen) atoms. The average Bonchev–Trinajstić information content (AvgIpc) is 2.80. The van der Waals surface area contributed by atoms with Gasteiger partial charge in [0.1, 0.15) is 0 Å². The Morgan fingerprint density at radius 1 is 1.41 bits per heavy atom. The summed E-state index contributed by atoms with van der Waals surface area (Å²) in [6.45, 7) is 3.30. The third-order valence-electron chi connectivity index (χ3n) is 3.33. The van der Waals surface area contributed by atoms with Crippen molar-refractivity contribution in [3.63, 3.8) is 0 Å². The average molecular weight is 250 g/mol. The molecule has 94 valence electrons. The smallest absolute Gasteiger partial charge is 0.0371 e. The van der Waals surface area contributed by atoms with E-state index in [4.69, 9.17) is 0 Å². The third-order valence-corrected chi connectivity index (χ3v) is 4.56. The first-order chi connectivity index (χ1) is 8.16. The molecule has 1 N–H and O–H groups in total.